The fourth-order valence-electron chi connectivity index (χ4n) is 0.996. The van der Waals surface area contributed by atoms with E-state index in [4.69, 9.17) is 5.73 Å². The van der Waals surface area contributed by atoms with Crippen LogP contribution in [0.5, 0.6) is 0 Å². The molecule has 0 saturated heterocycles. The Kier molecular flexibility index (Phi) is 2.83. The third-order valence-corrected chi connectivity index (χ3v) is 2.44. The second-order valence-corrected chi connectivity index (χ2v) is 4.73. The van der Waals surface area contributed by atoms with Crippen LogP contribution in [0.1, 0.15) is 35.6 Å². The van der Waals surface area contributed by atoms with Gasteiger partial charge in [0, 0.05) is 12.0 Å². The number of hydrogen-bond donors (Lipinski definition) is 1. The third kappa shape index (κ3) is 3.24. The number of nitrogens with zero attached hydrogens (tertiary/aromatic N) is 1. The summed E-state index contributed by atoms with van der Waals surface area (Å²) in [5.74, 6) is 0.0816. The molecule has 13 heavy (non-hydrogen) atoms. The van der Waals surface area contributed by atoms with Gasteiger partial charge in [0.2, 0.25) is 0 Å². The highest BCUT2D eigenvalue weighted by atomic mass is 32.1. The van der Waals surface area contributed by atoms with E-state index in [0.29, 0.717) is 11.3 Å². The zero-order valence-electron chi connectivity index (χ0n) is 8.13. The molecular formula is C9H14N2OS. The van der Waals surface area contributed by atoms with Crippen LogP contribution in [-0.4, -0.2) is 15.7 Å². The third-order valence-electron chi connectivity index (χ3n) is 1.52. The molecule has 0 aromatic carbocycles. The van der Waals surface area contributed by atoms with Crippen LogP contribution in [0.4, 0.5) is 0 Å². The van der Waals surface area contributed by atoms with Crippen LogP contribution in [0, 0.1) is 6.92 Å². The standard InChI is InChI=1S/C9H14N2OS/c1-6-4-8(13-11-6)7(12)5-9(2,3)10/h4H,5,10H2,1-3H3. The van der Waals surface area contributed by atoms with Crippen molar-refractivity contribution in [2.24, 2.45) is 5.73 Å². The second-order valence-electron chi connectivity index (χ2n) is 3.92. The quantitative estimate of drug-likeness (QED) is 0.753. The summed E-state index contributed by atoms with van der Waals surface area (Å²) in [7, 11) is 0. The summed E-state index contributed by atoms with van der Waals surface area (Å²) in [6.07, 6.45) is 0.370. The van der Waals surface area contributed by atoms with E-state index >= 15 is 0 Å². The minimum absolute atomic E-state index is 0.0816. The predicted octanol–water partition coefficient (Wildman–Crippen LogP) is 1.76. The largest absolute Gasteiger partial charge is 0.325 e. The fraction of sp³-hybridized carbons (Fsp3) is 0.556. The Labute approximate surface area is 82.1 Å². The molecule has 0 amide bonds. The van der Waals surface area contributed by atoms with E-state index in [-0.39, 0.29) is 5.78 Å². The lowest BCUT2D eigenvalue weighted by molar-refractivity contribution is 0.0964. The molecular weight excluding hydrogens is 184 g/mol. The molecule has 1 aromatic rings. The summed E-state index contributed by atoms with van der Waals surface area (Å²) < 4.78 is 4.05. The van der Waals surface area contributed by atoms with Gasteiger partial charge in [-0.3, -0.25) is 4.79 Å². The van der Waals surface area contributed by atoms with Crippen molar-refractivity contribution in [2.45, 2.75) is 32.7 Å². The van der Waals surface area contributed by atoms with Gasteiger partial charge in [-0.25, -0.2) is 0 Å². The maximum Gasteiger partial charge on any atom is 0.176 e. The van der Waals surface area contributed by atoms with Crippen LogP contribution < -0.4 is 5.73 Å². The Morgan fingerprint density at radius 2 is 2.31 bits per heavy atom. The second kappa shape index (κ2) is 3.55. The van der Waals surface area contributed by atoms with Gasteiger partial charge in [-0.2, -0.15) is 4.37 Å². The molecule has 0 aliphatic carbocycles. The van der Waals surface area contributed by atoms with E-state index < -0.39 is 5.54 Å². The van der Waals surface area contributed by atoms with E-state index in [1.807, 2.05) is 20.8 Å². The van der Waals surface area contributed by atoms with E-state index in [1.54, 1.807) is 6.07 Å². The Morgan fingerprint density at radius 3 is 2.69 bits per heavy atom. The van der Waals surface area contributed by atoms with Crippen LogP contribution in [0.25, 0.3) is 0 Å². The van der Waals surface area contributed by atoms with Crippen LogP contribution >= 0.6 is 11.5 Å². The van der Waals surface area contributed by atoms with Crippen molar-refractivity contribution in [3.63, 3.8) is 0 Å². The molecule has 0 saturated carbocycles. The van der Waals surface area contributed by atoms with E-state index in [2.05, 4.69) is 4.37 Å². The van der Waals surface area contributed by atoms with E-state index in [1.165, 1.54) is 11.5 Å². The number of aryl methyl sites for hydroxylation is 1. The summed E-state index contributed by atoms with van der Waals surface area (Å²) in [6.45, 7) is 5.57. The molecule has 72 valence electrons. The minimum atomic E-state index is -0.436. The molecule has 1 rings (SSSR count). The van der Waals surface area contributed by atoms with Crippen LogP contribution in [-0.2, 0) is 0 Å². The van der Waals surface area contributed by atoms with Gasteiger partial charge < -0.3 is 5.73 Å². The Morgan fingerprint density at radius 1 is 1.69 bits per heavy atom. The lowest BCUT2D eigenvalue weighted by atomic mass is 9.98. The lowest BCUT2D eigenvalue weighted by Crippen LogP contribution is -2.34. The molecule has 0 spiro atoms. The highest BCUT2D eigenvalue weighted by molar-refractivity contribution is 7.08. The number of ketones is 1. The molecule has 0 aliphatic heterocycles. The highest BCUT2D eigenvalue weighted by Crippen LogP contribution is 2.15. The van der Waals surface area contributed by atoms with Crippen molar-refractivity contribution >= 4 is 17.3 Å². The van der Waals surface area contributed by atoms with Gasteiger partial charge in [0.1, 0.15) is 0 Å². The monoisotopic (exact) mass is 198 g/mol. The van der Waals surface area contributed by atoms with Crippen LogP contribution in [0.15, 0.2) is 6.07 Å². The summed E-state index contributed by atoms with van der Waals surface area (Å²) in [6, 6.07) is 1.80. The zero-order chi connectivity index (χ0) is 10.1. The smallest absolute Gasteiger partial charge is 0.176 e. The van der Waals surface area contributed by atoms with Crippen LogP contribution in [0.3, 0.4) is 0 Å². The lowest BCUT2D eigenvalue weighted by Gasteiger charge is -2.15. The molecule has 0 unspecified atom stereocenters. The molecule has 0 atom stereocenters. The Hall–Kier alpha value is -0.740. The normalized spacial score (nSPS) is 11.7. The molecule has 1 aromatic heterocycles. The topological polar surface area (TPSA) is 56.0 Å². The zero-order valence-corrected chi connectivity index (χ0v) is 8.94. The van der Waals surface area contributed by atoms with Crippen molar-refractivity contribution in [3.05, 3.63) is 16.6 Å². The molecule has 2 N–H and O–H groups in total. The average Bonchev–Trinajstić information content (AvgIpc) is 2.31. The number of aromatic nitrogens is 1. The first-order valence-corrected chi connectivity index (χ1v) is 4.91. The average molecular weight is 198 g/mol. The van der Waals surface area contributed by atoms with E-state index in [9.17, 15) is 4.79 Å². The summed E-state index contributed by atoms with van der Waals surface area (Å²) >= 11 is 1.24. The maximum absolute atomic E-state index is 11.6. The first-order chi connectivity index (χ1) is 5.88. The number of carbonyl (C=O) groups excluding carboxylic acids is 1. The maximum atomic E-state index is 11.6. The van der Waals surface area contributed by atoms with Gasteiger partial charge in [-0.05, 0) is 38.4 Å². The molecule has 0 aliphatic rings. The molecule has 1 heterocycles. The van der Waals surface area contributed by atoms with Gasteiger partial charge in [-0.15, -0.1) is 0 Å². The first-order valence-electron chi connectivity index (χ1n) is 4.14. The molecule has 3 nitrogen and oxygen atoms in total. The van der Waals surface area contributed by atoms with E-state index in [0.717, 1.165) is 5.69 Å². The van der Waals surface area contributed by atoms with Gasteiger partial charge in [0.25, 0.3) is 0 Å². The minimum Gasteiger partial charge on any atom is -0.325 e. The van der Waals surface area contributed by atoms with Gasteiger partial charge in [-0.1, -0.05) is 0 Å². The van der Waals surface area contributed by atoms with Crippen molar-refractivity contribution in [2.75, 3.05) is 0 Å². The summed E-state index contributed by atoms with van der Waals surface area (Å²) in [5.41, 5.74) is 6.20. The van der Waals surface area contributed by atoms with Crippen molar-refractivity contribution in [1.29, 1.82) is 0 Å². The number of carbonyl (C=O) groups is 1. The first kappa shape index (κ1) is 10.3. The molecule has 0 bridgehead atoms. The number of Topliss-reactive ketones (excluding diaryl/α,β-unsaturated/α-hetero) is 1. The number of hydrogen-bond acceptors (Lipinski definition) is 4. The Bertz CT molecular complexity index is 312. The van der Waals surface area contributed by atoms with Crippen LogP contribution in [0.2, 0.25) is 0 Å². The Balaban J connectivity index is 2.70. The highest BCUT2D eigenvalue weighted by Gasteiger charge is 2.18. The summed E-state index contributed by atoms with van der Waals surface area (Å²) in [4.78, 5) is 12.3. The predicted molar refractivity (Wildman–Crippen MR) is 54.1 cm³/mol. The van der Waals surface area contributed by atoms with Gasteiger partial charge in [0.05, 0.1) is 10.6 Å². The SMILES string of the molecule is Cc1cc(C(=O)CC(C)(C)N)sn1. The number of rotatable bonds is 3. The van der Waals surface area contributed by atoms with Crippen molar-refractivity contribution in [3.8, 4) is 0 Å². The van der Waals surface area contributed by atoms with Gasteiger partial charge >= 0.3 is 0 Å². The molecule has 4 heteroatoms. The summed E-state index contributed by atoms with van der Waals surface area (Å²) in [5, 5.41) is 0. The van der Waals surface area contributed by atoms with Crippen molar-refractivity contribution in [1.82, 2.24) is 4.37 Å². The molecule has 0 fully saturated rings. The van der Waals surface area contributed by atoms with Gasteiger partial charge in [0.15, 0.2) is 5.78 Å². The molecule has 0 radical (unpaired) electrons. The van der Waals surface area contributed by atoms with Crippen molar-refractivity contribution < 1.29 is 4.79 Å². The number of nitrogens with two attached hydrogens (primary N) is 1. The fourth-order valence-corrected chi connectivity index (χ4v) is 1.69.